The van der Waals surface area contributed by atoms with Crippen molar-refractivity contribution < 1.29 is 4.79 Å². The lowest BCUT2D eigenvalue weighted by Gasteiger charge is -2.12. The van der Waals surface area contributed by atoms with Crippen molar-refractivity contribution in [1.82, 2.24) is 4.98 Å². The number of aromatic nitrogens is 1. The monoisotopic (exact) mass is 379 g/mol. The van der Waals surface area contributed by atoms with Gasteiger partial charge >= 0.3 is 0 Å². The van der Waals surface area contributed by atoms with Crippen LogP contribution in [-0.2, 0) is 0 Å². The van der Waals surface area contributed by atoms with Crippen LogP contribution >= 0.6 is 39.1 Å². The molecule has 1 heterocycles. The third-order valence-corrected chi connectivity index (χ3v) is 4.12. The van der Waals surface area contributed by atoms with E-state index < -0.39 is 5.24 Å². The maximum Gasteiger partial charge on any atom is 0.256 e. The second-order valence-electron chi connectivity index (χ2n) is 4.45. The van der Waals surface area contributed by atoms with Gasteiger partial charge in [0.2, 0.25) is 0 Å². The largest absolute Gasteiger partial charge is 0.275 e. The number of carbonyl (C=O) groups is 1. The van der Waals surface area contributed by atoms with Crippen LogP contribution in [0.15, 0.2) is 53.0 Å². The van der Waals surface area contributed by atoms with Gasteiger partial charge in [0.1, 0.15) is 5.15 Å². The third-order valence-electron chi connectivity index (χ3n) is 3.16. The molecule has 0 saturated heterocycles. The summed E-state index contributed by atoms with van der Waals surface area (Å²) in [6.07, 6.45) is 0. The molecule has 0 aliphatic heterocycles. The molecule has 0 fully saturated rings. The molecule has 0 amide bonds. The van der Waals surface area contributed by atoms with Gasteiger partial charge in [0.25, 0.3) is 5.24 Å². The van der Waals surface area contributed by atoms with Crippen molar-refractivity contribution in [2.75, 3.05) is 0 Å². The number of nitrogens with zero attached hydrogens (tertiary/aromatic N) is 1. The molecule has 1 aromatic heterocycles. The first kappa shape index (κ1) is 14.5. The zero-order chi connectivity index (χ0) is 15.0. The molecular weight excluding hydrogens is 373 g/mol. The van der Waals surface area contributed by atoms with Gasteiger partial charge in [-0.05, 0) is 35.4 Å². The number of fused-ring (bicyclic) bond motifs is 1. The maximum atomic E-state index is 11.8. The van der Waals surface area contributed by atoms with E-state index in [2.05, 4.69) is 20.9 Å². The summed E-state index contributed by atoms with van der Waals surface area (Å²) in [4.78, 5) is 16.1. The Morgan fingerprint density at radius 1 is 1.10 bits per heavy atom. The maximum absolute atomic E-state index is 11.8. The lowest BCUT2D eigenvalue weighted by atomic mass is 9.97. The topological polar surface area (TPSA) is 30.0 Å². The van der Waals surface area contributed by atoms with Crippen molar-refractivity contribution in [3.63, 3.8) is 0 Å². The summed E-state index contributed by atoms with van der Waals surface area (Å²) in [6, 6.07) is 15.2. The van der Waals surface area contributed by atoms with Crippen LogP contribution in [0.4, 0.5) is 0 Å². The van der Waals surface area contributed by atoms with Crippen molar-refractivity contribution in [1.29, 1.82) is 0 Å². The van der Waals surface area contributed by atoms with E-state index in [1.807, 2.05) is 48.5 Å². The van der Waals surface area contributed by atoms with Crippen LogP contribution in [0.3, 0.4) is 0 Å². The standard InChI is InChI=1S/C16H8BrCl2NO/c17-10-6-7-12-11(8-10)13(9-4-2-1-3-5-9)14(16(19)21)15(18)20-12/h1-8H. The molecule has 5 heteroatoms. The van der Waals surface area contributed by atoms with Gasteiger partial charge in [-0.1, -0.05) is 57.9 Å². The average Bonchev–Trinajstić information content (AvgIpc) is 2.47. The highest BCUT2D eigenvalue weighted by molar-refractivity contribution is 9.10. The van der Waals surface area contributed by atoms with Crippen molar-refractivity contribution in [3.05, 3.63) is 63.7 Å². The molecule has 0 N–H and O–H groups in total. The normalized spacial score (nSPS) is 10.8. The molecule has 3 rings (SSSR count). The predicted octanol–water partition coefficient (Wildman–Crippen LogP) is 5.70. The molecule has 2 aromatic carbocycles. The fourth-order valence-corrected chi connectivity index (χ4v) is 3.15. The molecule has 0 radical (unpaired) electrons. The van der Waals surface area contributed by atoms with Gasteiger partial charge in [-0.3, -0.25) is 4.79 Å². The van der Waals surface area contributed by atoms with Crippen molar-refractivity contribution in [2.45, 2.75) is 0 Å². The Kier molecular flexibility index (Phi) is 3.98. The second-order valence-corrected chi connectivity index (χ2v) is 6.07. The first-order valence-electron chi connectivity index (χ1n) is 6.12. The van der Waals surface area contributed by atoms with E-state index in [0.29, 0.717) is 11.1 Å². The van der Waals surface area contributed by atoms with Crippen LogP contribution in [-0.4, -0.2) is 10.2 Å². The molecule has 104 valence electrons. The van der Waals surface area contributed by atoms with Crippen molar-refractivity contribution in [3.8, 4) is 11.1 Å². The van der Waals surface area contributed by atoms with E-state index in [9.17, 15) is 4.79 Å². The van der Waals surface area contributed by atoms with Crippen molar-refractivity contribution >= 4 is 55.3 Å². The number of halogens is 3. The Balaban J connectivity index is 2.50. The quantitative estimate of drug-likeness (QED) is 0.421. The minimum atomic E-state index is -0.617. The number of carbonyl (C=O) groups excluding carboxylic acids is 1. The Bertz CT molecular complexity index is 850. The van der Waals surface area contributed by atoms with Gasteiger partial charge in [0.05, 0.1) is 11.1 Å². The van der Waals surface area contributed by atoms with Crippen LogP contribution in [0.1, 0.15) is 10.4 Å². The molecule has 0 saturated carbocycles. The van der Waals surface area contributed by atoms with Crippen LogP contribution in [0, 0.1) is 0 Å². The molecule has 0 spiro atoms. The second kappa shape index (κ2) is 5.76. The Labute approximate surface area is 139 Å². The Hall–Kier alpha value is -1.42. The number of hydrogen-bond donors (Lipinski definition) is 0. The summed E-state index contributed by atoms with van der Waals surface area (Å²) in [5.74, 6) is 0. The zero-order valence-electron chi connectivity index (χ0n) is 10.6. The SMILES string of the molecule is O=C(Cl)c1c(Cl)nc2ccc(Br)cc2c1-c1ccccc1. The lowest BCUT2D eigenvalue weighted by Crippen LogP contribution is -1.99. The lowest BCUT2D eigenvalue weighted by molar-refractivity contribution is 0.108. The molecule has 0 bridgehead atoms. The summed E-state index contributed by atoms with van der Waals surface area (Å²) < 4.78 is 0.893. The summed E-state index contributed by atoms with van der Waals surface area (Å²) in [5.41, 5.74) is 2.51. The fraction of sp³-hybridized carbons (Fsp3) is 0. The highest BCUT2D eigenvalue weighted by atomic mass is 79.9. The van der Waals surface area contributed by atoms with Gasteiger partial charge in [-0.25, -0.2) is 4.98 Å². The van der Waals surface area contributed by atoms with Crippen LogP contribution in [0.25, 0.3) is 22.0 Å². The molecule has 0 unspecified atom stereocenters. The molecule has 0 aliphatic carbocycles. The first-order valence-corrected chi connectivity index (χ1v) is 7.67. The van der Waals surface area contributed by atoms with Gasteiger partial charge in [0.15, 0.2) is 0 Å². The van der Waals surface area contributed by atoms with E-state index in [-0.39, 0.29) is 10.7 Å². The van der Waals surface area contributed by atoms with E-state index >= 15 is 0 Å². The Morgan fingerprint density at radius 3 is 2.48 bits per heavy atom. The average molecular weight is 381 g/mol. The van der Waals surface area contributed by atoms with Gasteiger partial charge in [0, 0.05) is 15.4 Å². The molecule has 0 aliphatic rings. The summed E-state index contributed by atoms with van der Waals surface area (Å²) in [7, 11) is 0. The predicted molar refractivity (Wildman–Crippen MR) is 90.1 cm³/mol. The van der Waals surface area contributed by atoms with Gasteiger partial charge < -0.3 is 0 Å². The summed E-state index contributed by atoms with van der Waals surface area (Å²) in [5, 5.41) is 0.320. The number of rotatable bonds is 2. The Morgan fingerprint density at radius 2 is 1.81 bits per heavy atom. The molecular formula is C16H8BrCl2NO. The first-order chi connectivity index (χ1) is 10.1. The minimum Gasteiger partial charge on any atom is -0.275 e. The van der Waals surface area contributed by atoms with E-state index in [0.717, 1.165) is 15.4 Å². The van der Waals surface area contributed by atoms with Crippen LogP contribution in [0.5, 0.6) is 0 Å². The molecule has 2 nitrogen and oxygen atoms in total. The van der Waals surface area contributed by atoms with Crippen LogP contribution < -0.4 is 0 Å². The molecule has 3 aromatic rings. The van der Waals surface area contributed by atoms with Gasteiger partial charge in [-0.15, -0.1) is 0 Å². The smallest absolute Gasteiger partial charge is 0.256 e. The number of benzene rings is 2. The molecule has 0 atom stereocenters. The summed E-state index contributed by atoms with van der Waals surface area (Å²) in [6.45, 7) is 0. The number of pyridine rings is 1. The van der Waals surface area contributed by atoms with Gasteiger partial charge in [-0.2, -0.15) is 0 Å². The molecule has 21 heavy (non-hydrogen) atoms. The zero-order valence-corrected chi connectivity index (χ0v) is 13.7. The van der Waals surface area contributed by atoms with E-state index in [1.54, 1.807) is 0 Å². The highest BCUT2D eigenvalue weighted by Gasteiger charge is 2.20. The van der Waals surface area contributed by atoms with Crippen LogP contribution in [0.2, 0.25) is 5.15 Å². The summed E-state index contributed by atoms with van der Waals surface area (Å²) >= 11 is 15.3. The number of hydrogen-bond acceptors (Lipinski definition) is 2. The highest BCUT2D eigenvalue weighted by Crippen LogP contribution is 2.36. The van der Waals surface area contributed by atoms with E-state index in [4.69, 9.17) is 23.2 Å². The fourth-order valence-electron chi connectivity index (χ4n) is 2.29. The minimum absolute atomic E-state index is 0.115. The third kappa shape index (κ3) is 2.69. The van der Waals surface area contributed by atoms with E-state index in [1.165, 1.54) is 0 Å². The van der Waals surface area contributed by atoms with Crippen molar-refractivity contribution in [2.24, 2.45) is 0 Å².